The third-order valence-electron chi connectivity index (χ3n) is 3.34. The molecule has 0 unspecified atom stereocenters. The molecule has 0 heterocycles. The first kappa shape index (κ1) is 12.7. The van der Waals surface area contributed by atoms with Crippen molar-refractivity contribution in [3.05, 3.63) is 23.8 Å². The van der Waals surface area contributed by atoms with Crippen LogP contribution in [0.4, 0.5) is 0 Å². The predicted octanol–water partition coefficient (Wildman–Crippen LogP) is 2.64. The highest BCUT2D eigenvalue weighted by molar-refractivity contribution is 5.68. The largest absolute Gasteiger partial charge is 0.493 e. The maximum atomic E-state index is 10.8. The van der Waals surface area contributed by atoms with Gasteiger partial charge in [-0.05, 0) is 37.5 Å². The van der Waals surface area contributed by atoms with Crippen LogP contribution in [0.25, 0.3) is 0 Å². The Bertz CT molecular complexity index is 449. The maximum Gasteiger partial charge on any atom is 0.304 e. The second-order valence-corrected chi connectivity index (χ2v) is 5.01. The zero-order valence-electron chi connectivity index (χ0n) is 10.7. The summed E-state index contributed by atoms with van der Waals surface area (Å²) in [6.07, 6.45) is 2.03. The number of aryl methyl sites for hydroxylation is 1. The van der Waals surface area contributed by atoms with Gasteiger partial charge in [-0.15, -0.1) is 0 Å². The predicted molar refractivity (Wildman–Crippen MR) is 67.1 cm³/mol. The minimum atomic E-state index is -0.757. The number of carboxylic acids is 1. The topological polar surface area (TPSA) is 55.8 Å². The summed E-state index contributed by atoms with van der Waals surface area (Å²) in [4.78, 5) is 10.8. The smallest absolute Gasteiger partial charge is 0.304 e. The quantitative estimate of drug-likeness (QED) is 0.843. The lowest BCUT2D eigenvalue weighted by atomic mass is 10.0. The third kappa shape index (κ3) is 2.94. The molecular weight excluding hydrogens is 232 g/mol. The van der Waals surface area contributed by atoms with Crippen molar-refractivity contribution in [2.24, 2.45) is 5.41 Å². The SMILES string of the molecule is COc1cc(C)ccc1OCC1(CC(=O)O)CC1. The molecule has 2 rings (SSSR count). The third-order valence-corrected chi connectivity index (χ3v) is 3.34. The van der Waals surface area contributed by atoms with E-state index in [9.17, 15) is 4.79 Å². The van der Waals surface area contributed by atoms with Crippen LogP contribution in [0.15, 0.2) is 18.2 Å². The number of hydrogen-bond acceptors (Lipinski definition) is 3. The fourth-order valence-electron chi connectivity index (χ4n) is 1.99. The average Bonchev–Trinajstić information content (AvgIpc) is 3.06. The van der Waals surface area contributed by atoms with E-state index >= 15 is 0 Å². The number of carboxylic acid groups (broad SMARTS) is 1. The summed E-state index contributed by atoms with van der Waals surface area (Å²) in [5, 5.41) is 8.84. The number of rotatable bonds is 6. The number of aliphatic carboxylic acids is 1. The lowest BCUT2D eigenvalue weighted by molar-refractivity contribution is -0.138. The van der Waals surface area contributed by atoms with Gasteiger partial charge >= 0.3 is 5.97 Å². The lowest BCUT2D eigenvalue weighted by Crippen LogP contribution is -2.17. The van der Waals surface area contributed by atoms with Gasteiger partial charge in [0.25, 0.3) is 0 Å². The Morgan fingerprint density at radius 1 is 1.39 bits per heavy atom. The molecule has 1 saturated carbocycles. The second kappa shape index (κ2) is 4.88. The second-order valence-electron chi connectivity index (χ2n) is 5.01. The molecule has 4 nitrogen and oxygen atoms in total. The van der Waals surface area contributed by atoms with Gasteiger partial charge in [0.05, 0.1) is 20.1 Å². The molecule has 98 valence electrons. The summed E-state index contributed by atoms with van der Waals surface area (Å²) >= 11 is 0. The molecule has 0 bridgehead atoms. The Morgan fingerprint density at radius 2 is 2.11 bits per heavy atom. The first-order valence-corrected chi connectivity index (χ1v) is 6.04. The standard InChI is InChI=1S/C14H18O4/c1-10-3-4-11(12(7-10)17-2)18-9-14(5-6-14)8-13(15)16/h3-4,7H,5-6,8-9H2,1-2H3,(H,15,16). The molecule has 1 aromatic rings. The number of methoxy groups -OCH3 is 1. The summed E-state index contributed by atoms with van der Waals surface area (Å²) in [6.45, 7) is 2.43. The summed E-state index contributed by atoms with van der Waals surface area (Å²) in [5.74, 6) is 0.618. The van der Waals surface area contributed by atoms with E-state index in [1.54, 1.807) is 7.11 Å². The van der Waals surface area contributed by atoms with Crippen LogP contribution >= 0.6 is 0 Å². The Balaban J connectivity index is 2.00. The monoisotopic (exact) mass is 250 g/mol. The Morgan fingerprint density at radius 3 is 2.67 bits per heavy atom. The van der Waals surface area contributed by atoms with E-state index in [0.717, 1.165) is 18.4 Å². The molecule has 18 heavy (non-hydrogen) atoms. The van der Waals surface area contributed by atoms with Crippen LogP contribution < -0.4 is 9.47 Å². The normalized spacial score (nSPS) is 16.1. The van der Waals surface area contributed by atoms with Crippen molar-refractivity contribution in [3.63, 3.8) is 0 Å². The first-order valence-electron chi connectivity index (χ1n) is 6.04. The first-order chi connectivity index (χ1) is 8.54. The van der Waals surface area contributed by atoms with Crippen LogP contribution in [0, 0.1) is 12.3 Å². The molecule has 0 radical (unpaired) electrons. The summed E-state index contributed by atoms with van der Waals surface area (Å²) in [5.41, 5.74) is 0.938. The number of carbonyl (C=O) groups is 1. The molecule has 1 aromatic carbocycles. The van der Waals surface area contributed by atoms with Gasteiger partial charge < -0.3 is 14.6 Å². The van der Waals surface area contributed by atoms with Crippen molar-refractivity contribution < 1.29 is 19.4 Å². The molecule has 1 aliphatic rings. The number of hydrogen-bond donors (Lipinski definition) is 1. The summed E-state index contributed by atoms with van der Waals surface area (Å²) < 4.78 is 11.0. The summed E-state index contributed by atoms with van der Waals surface area (Å²) in [6, 6.07) is 5.73. The van der Waals surface area contributed by atoms with Crippen molar-refractivity contribution in [3.8, 4) is 11.5 Å². The molecule has 1 fully saturated rings. The van der Waals surface area contributed by atoms with Gasteiger partial charge in [-0.25, -0.2) is 0 Å². The fourth-order valence-corrected chi connectivity index (χ4v) is 1.99. The van der Waals surface area contributed by atoms with E-state index in [2.05, 4.69) is 0 Å². The van der Waals surface area contributed by atoms with E-state index in [0.29, 0.717) is 18.1 Å². The van der Waals surface area contributed by atoms with Gasteiger partial charge in [0.2, 0.25) is 0 Å². The molecule has 0 saturated heterocycles. The maximum absolute atomic E-state index is 10.8. The van der Waals surface area contributed by atoms with Gasteiger partial charge in [0.15, 0.2) is 11.5 Å². The van der Waals surface area contributed by atoms with Gasteiger partial charge in [-0.2, -0.15) is 0 Å². The van der Waals surface area contributed by atoms with Crippen LogP contribution in [-0.2, 0) is 4.79 Å². The lowest BCUT2D eigenvalue weighted by Gasteiger charge is -2.16. The van der Waals surface area contributed by atoms with Gasteiger partial charge in [0.1, 0.15) is 0 Å². The van der Waals surface area contributed by atoms with Crippen LogP contribution in [0.5, 0.6) is 11.5 Å². The molecule has 0 spiro atoms. The van der Waals surface area contributed by atoms with Crippen LogP contribution in [-0.4, -0.2) is 24.8 Å². The minimum Gasteiger partial charge on any atom is -0.493 e. The van der Waals surface area contributed by atoms with Crippen molar-refractivity contribution in [1.29, 1.82) is 0 Å². The molecule has 4 heteroatoms. The highest BCUT2D eigenvalue weighted by Gasteiger charge is 2.45. The zero-order valence-corrected chi connectivity index (χ0v) is 10.7. The van der Waals surface area contributed by atoms with Crippen molar-refractivity contribution in [2.45, 2.75) is 26.2 Å². The van der Waals surface area contributed by atoms with E-state index in [-0.39, 0.29) is 11.8 Å². The molecule has 0 atom stereocenters. The molecule has 1 N–H and O–H groups in total. The van der Waals surface area contributed by atoms with Crippen LogP contribution in [0.1, 0.15) is 24.8 Å². The van der Waals surface area contributed by atoms with E-state index in [1.807, 2.05) is 25.1 Å². The molecule has 0 aliphatic heterocycles. The van der Waals surface area contributed by atoms with Crippen LogP contribution in [0.2, 0.25) is 0 Å². The minimum absolute atomic E-state index is 0.165. The highest BCUT2D eigenvalue weighted by Crippen LogP contribution is 2.49. The van der Waals surface area contributed by atoms with Gasteiger partial charge in [-0.1, -0.05) is 6.07 Å². The van der Waals surface area contributed by atoms with Crippen molar-refractivity contribution in [2.75, 3.05) is 13.7 Å². The number of ether oxygens (including phenoxy) is 2. The molecule has 1 aliphatic carbocycles. The van der Waals surface area contributed by atoms with E-state index in [1.165, 1.54) is 0 Å². The Kier molecular flexibility index (Phi) is 3.45. The molecule has 0 aromatic heterocycles. The van der Waals surface area contributed by atoms with Gasteiger partial charge in [-0.3, -0.25) is 4.79 Å². The molecular formula is C14H18O4. The van der Waals surface area contributed by atoms with Crippen molar-refractivity contribution in [1.82, 2.24) is 0 Å². The van der Waals surface area contributed by atoms with Crippen LogP contribution in [0.3, 0.4) is 0 Å². The van der Waals surface area contributed by atoms with E-state index < -0.39 is 5.97 Å². The van der Waals surface area contributed by atoms with Crippen molar-refractivity contribution >= 4 is 5.97 Å². The van der Waals surface area contributed by atoms with E-state index in [4.69, 9.17) is 14.6 Å². The Labute approximate surface area is 107 Å². The number of benzene rings is 1. The Hall–Kier alpha value is -1.71. The average molecular weight is 250 g/mol. The fraction of sp³-hybridized carbons (Fsp3) is 0.500. The zero-order chi connectivity index (χ0) is 13.2. The molecule has 0 amide bonds. The highest BCUT2D eigenvalue weighted by atomic mass is 16.5. The van der Waals surface area contributed by atoms with Gasteiger partial charge in [0, 0.05) is 5.41 Å². The summed E-state index contributed by atoms with van der Waals surface area (Å²) in [7, 11) is 1.60.